The lowest BCUT2D eigenvalue weighted by Crippen LogP contribution is -2.03. The summed E-state index contributed by atoms with van der Waals surface area (Å²) >= 11 is 3.28. The van der Waals surface area contributed by atoms with Crippen LogP contribution in [0.1, 0.15) is 28.8 Å². The highest BCUT2D eigenvalue weighted by Crippen LogP contribution is 2.36. The fourth-order valence-corrected chi connectivity index (χ4v) is 4.82. The summed E-state index contributed by atoms with van der Waals surface area (Å²) in [5.74, 6) is 1.98. The molecule has 3 heterocycles. The van der Waals surface area contributed by atoms with Crippen molar-refractivity contribution in [1.29, 1.82) is 0 Å². The summed E-state index contributed by atoms with van der Waals surface area (Å²) in [6.45, 7) is 2.04. The van der Waals surface area contributed by atoms with E-state index < -0.39 is 0 Å². The maximum Gasteiger partial charge on any atom is 0.247 e. The van der Waals surface area contributed by atoms with E-state index in [1.54, 1.807) is 23.1 Å². The molecule has 154 valence electrons. The van der Waals surface area contributed by atoms with Gasteiger partial charge in [0.1, 0.15) is 5.82 Å². The van der Waals surface area contributed by atoms with Crippen LogP contribution in [-0.4, -0.2) is 25.0 Å². The Morgan fingerprint density at radius 1 is 0.903 bits per heavy atom. The molecular weight excluding hydrogens is 426 g/mol. The Labute approximate surface area is 188 Å². The van der Waals surface area contributed by atoms with Gasteiger partial charge in [-0.15, -0.1) is 31.7 Å². The lowest BCUT2D eigenvalue weighted by atomic mass is 10.2. The van der Waals surface area contributed by atoms with Crippen molar-refractivity contribution in [3.8, 4) is 17.1 Å². The van der Waals surface area contributed by atoms with Gasteiger partial charge < -0.3 is 4.42 Å². The molecule has 1 unspecified atom stereocenters. The van der Waals surface area contributed by atoms with Crippen molar-refractivity contribution in [3.63, 3.8) is 0 Å². The molecule has 5 aromatic rings. The van der Waals surface area contributed by atoms with E-state index in [1.807, 2.05) is 55.5 Å². The third-order valence-corrected chi connectivity index (χ3v) is 6.63. The van der Waals surface area contributed by atoms with Crippen molar-refractivity contribution in [2.75, 3.05) is 0 Å². The van der Waals surface area contributed by atoms with E-state index >= 15 is 0 Å². The Kier molecular flexibility index (Phi) is 5.64. The molecule has 5 rings (SSSR count). The number of thiophene rings is 1. The van der Waals surface area contributed by atoms with Crippen LogP contribution in [-0.2, 0) is 6.42 Å². The number of hydrogen-bond donors (Lipinski definition) is 0. The Hall–Kier alpha value is -3.23. The number of rotatable bonds is 7. The van der Waals surface area contributed by atoms with E-state index in [0.29, 0.717) is 11.8 Å². The van der Waals surface area contributed by atoms with E-state index in [-0.39, 0.29) is 5.25 Å². The number of hydrogen-bond acceptors (Lipinski definition) is 7. The monoisotopic (exact) mass is 445 g/mol. The zero-order valence-corrected chi connectivity index (χ0v) is 18.4. The second kappa shape index (κ2) is 8.87. The molecule has 0 saturated carbocycles. The fourth-order valence-electron chi connectivity index (χ4n) is 3.20. The molecule has 0 N–H and O–H groups in total. The first kappa shape index (κ1) is 19.7. The molecule has 2 aromatic carbocycles. The topological polar surface area (TPSA) is 69.6 Å². The highest BCUT2D eigenvalue weighted by atomic mass is 32.2. The van der Waals surface area contributed by atoms with Crippen molar-refractivity contribution in [2.24, 2.45) is 0 Å². The van der Waals surface area contributed by atoms with Crippen LogP contribution in [0.3, 0.4) is 0 Å². The van der Waals surface area contributed by atoms with Crippen molar-refractivity contribution in [3.05, 3.63) is 94.8 Å². The summed E-state index contributed by atoms with van der Waals surface area (Å²) in [6.07, 6.45) is 0.729. The van der Waals surface area contributed by atoms with E-state index in [4.69, 9.17) is 4.42 Å². The van der Waals surface area contributed by atoms with Gasteiger partial charge in [0.25, 0.3) is 0 Å². The number of para-hydroxylation sites is 1. The summed E-state index contributed by atoms with van der Waals surface area (Å²) in [5.41, 5.74) is 1.94. The molecule has 31 heavy (non-hydrogen) atoms. The Morgan fingerprint density at radius 2 is 1.68 bits per heavy atom. The van der Waals surface area contributed by atoms with Gasteiger partial charge in [-0.2, -0.15) is 0 Å². The fraction of sp³-hybridized carbons (Fsp3) is 0.130. The molecule has 0 aliphatic rings. The van der Waals surface area contributed by atoms with Gasteiger partial charge in [0.2, 0.25) is 11.8 Å². The van der Waals surface area contributed by atoms with Crippen LogP contribution in [0.15, 0.2) is 87.8 Å². The molecule has 0 amide bonds. The highest BCUT2D eigenvalue weighted by Gasteiger charge is 2.22. The zero-order valence-electron chi connectivity index (χ0n) is 16.8. The summed E-state index contributed by atoms with van der Waals surface area (Å²) in [4.78, 5) is 1.25. The van der Waals surface area contributed by atoms with Gasteiger partial charge in [-0.25, -0.2) is 0 Å². The molecule has 0 fully saturated rings. The molecule has 1 atom stereocenters. The van der Waals surface area contributed by atoms with Gasteiger partial charge in [-0.3, -0.25) is 4.57 Å². The summed E-state index contributed by atoms with van der Waals surface area (Å²) < 4.78 is 8.05. The van der Waals surface area contributed by atoms with Crippen LogP contribution in [0, 0.1) is 0 Å². The first-order valence-electron chi connectivity index (χ1n) is 9.85. The van der Waals surface area contributed by atoms with Gasteiger partial charge in [0, 0.05) is 22.5 Å². The third-order valence-electron chi connectivity index (χ3n) is 4.72. The largest absolute Gasteiger partial charge is 0.419 e. The van der Waals surface area contributed by atoms with Crippen LogP contribution >= 0.6 is 23.1 Å². The van der Waals surface area contributed by atoms with Crippen LogP contribution < -0.4 is 0 Å². The van der Waals surface area contributed by atoms with E-state index in [0.717, 1.165) is 28.7 Å². The predicted octanol–water partition coefficient (Wildman–Crippen LogP) is 5.82. The molecule has 0 radical (unpaired) electrons. The molecule has 0 saturated heterocycles. The highest BCUT2D eigenvalue weighted by molar-refractivity contribution is 7.99. The standard InChI is InChI=1S/C23H19N5OS2/c1-16(21-25-26-22(29-21)17-9-4-2-5-10-17)31-23-27-24-20(15-19-13-8-14-30-19)28(23)18-11-6-3-7-12-18/h2-14,16H,15H2,1H3. The smallest absolute Gasteiger partial charge is 0.247 e. The Morgan fingerprint density at radius 3 is 2.42 bits per heavy atom. The molecular formula is C23H19N5OS2. The number of aromatic nitrogens is 5. The van der Waals surface area contributed by atoms with Gasteiger partial charge in [-0.1, -0.05) is 54.2 Å². The van der Waals surface area contributed by atoms with Crippen LogP contribution in [0.4, 0.5) is 0 Å². The third kappa shape index (κ3) is 4.30. The molecule has 0 spiro atoms. The maximum atomic E-state index is 5.94. The Bertz CT molecular complexity index is 1250. The summed E-state index contributed by atoms with van der Waals surface area (Å²) in [7, 11) is 0. The first-order chi connectivity index (χ1) is 15.3. The maximum absolute atomic E-state index is 5.94. The predicted molar refractivity (Wildman–Crippen MR) is 122 cm³/mol. The Balaban J connectivity index is 1.44. The molecule has 3 aromatic heterocycles. The van der Waals surface area contributed by atoms with Crippen LogP contribution in [0.5, 0.6) is 0 Å². The minimum atomic E-state index is -0.0776. The van der Waals surface area contributed by atoms with E-state index in [2.05, 4.69) is 54.6 Å². The van der Waals surface area contributed by atoms with Gasteiger partial charge in [-0.05, 0) is 42.6 Å². The number of nitrogens with zero attached hydrogens (tertiary/aromatic N) is 5. The zero-order chi connectivity index (χ0) is 21.0. The van der Waals surface area contributed by atoms with Crippen molar-refractivity contribution in [1.82, 2.24) is 25.0 Å². The molecule has 0 bridgehead atoms. The van der Waals surface area contributed by atoms with Gasteiger partial charge >= 0.3 is 0 Å². The molecule has 6 nitrogen and oxygen atoms in total. The minimum Gasteiger partial charge on any atom is -0.419 e. The summed E-state index contributed by atoms with van der Waals surface area (Å²) in [5, 5.41) is 20.3. The van der Waals surface area contributed by atoms with Crippen LogP contribution in [0.2, 0.25) is 0 Å². The van der Waals surface area contributed by atoms with Crippen molar-refractivity contribution >= 4 is 23.1 Å². The second-order valence-corrected chi connectivity index (χ2v) is 9.24. The van der Waals surface area contributed by atoms with Crippen molar-refractivity contribution in [2.45, 2.75) is 23.8 Å². The summed E-state index contributed by atoms with van der Waals surface area (Å²) in [6, 6.07) is 24.1. The quantitative estimate of drug-likeness (QED) is 0.294. The lowest BCUT2D eigenvalue weighted by Gasteiger charge is -2.11. The van der Waals surface area contributed by atoms with Crippen LogP contribution in [0.25, 0.3) is 17.1 Å². The van der Waals surface area contributed by atoms with E-state index in [1.165, 1.54) is 4.88 Å². The van der Waals surface area contributed by atoms with Gasteiger partial charge in [0.05, 0.1) is 5.25 Å². The minimum absolute atomic E-state index is 0.0776. The molecule has 0 aliphatic carbocycles. The second-order valence-electron chi connectivity index (χ2n) is 6.90. The van der Waals surface area contributed by atoms with E-state index in [9.17, 15) is 0 Å². The number of benzene rings is 2. The van der Waals surface area contributed by atoms with Crippen molar-refractivity contribution < 1.29 is 4.42 Å². The average Bonchev–Trinajstić information content (AvgIpc) is 3.57. The number of thioether (sulfide) groups is 1. The lowest BCUT2D eigenvalue weighted by molar-refractivity contribution is 0.509. The SMILES string of the molecule is CC(Sc1nnc(Cc2cccs2)n1-c1ccccc1)c1nnc(-c2ccccc2)o1. The normalized spacial score (nSPS) is 12.2. The molecule has 0 aliphatic heterocycles. The molecule has 8 heteroatoms. The first-order valence-corrected chi connectivity index (χ1v) is 11.6. The van der Waals surface area contributed by atoms with Gasteiger partial charge in [0.15, 0.2) is 5.16 Å². The average molecular weight is 446 g/mol.